The number of anilines is 1. The van der Waals surface area contributed by atoms with Gasteiger partial charge in [-0.2, -0.15) is 0 Å². The molecule has 6 nitrogen and oxygen atoms in total. The molecule has 2 saturated carbocycles. The van der Waals surface area contributed by atoms with Crippen molar-refractivity contribution in [3.63, 3.8) is 0 Å². The molecule has 0 saturated heterocycles. The molecule has 0 aliphatic heterocycles. The number of aliphatic hydroxyl groups is 2. The second-order valence-corrected chi connectivity index (χ2v) is 10.7. The van der Waals surface area contributed by atoms with Crippen molar-refractivity contribution in [1.29, 1.82) is 0 Å². The Balaban J connectivity index is 1.59. The zero-order valence-corrected chi connectivity index (χ0v) is 17.7. The zero-order valence-electron chi connectivity index (χ0n) is 16.9. The third-order valence-corrected chi connectivity index (χ3v) is 8.93. The molecule has 2 aromatic carbocycles. The fourth-order valence-corrected chi connectivity index (χ4v) is 6.90. The quantitative estimate of drug-likeness (QED) is 0.625. The Morgan fingerprint density at radius 2 is 1.62 bits per heavy atom. The van der Waals surface area contributed by atoms with Gasteiger partial charge in [0.1, 0.15) is 10.7 Å². The number of fused-ring (bicyclic) bond motifs is 2. The summed E-state index contributed by atoms with van der Waals surface area (Å²) >= 11 is 0. The van der Waals surface area contributed by atoms with Gasteiger partial charge >= 0.3 is 0 Å². The molecule has 2 bridgehead atoms. The number of carbonyl (C=O) groups excluding carboxylic acids is 1. The standard InChI is InChI=1S/C22H22F3NO5S/c23-17-6-4-15(10-19(17)25)26-21(28)12-1-5-18(24)20(7-12)32(30,31)16-8-13-2-3-14(9-16)22(13,29)11-27/h1,4-7,10,13-14,16,27,29H,2-3,8-9,11H2,(H,26,28)/t13-,14+,16-,22-. The molecule has 172 valence electrons. The van der Waals surface area contributed by atoms with Crippen molar-refractivity contribution in [3.05, 3.63) is 59.4 Å². The Morgan fingerprint density at radius 3 is 2.22 bits per heavy atom. The van der Waals surface area contributed by atoms with E-state index in [9.17, 15) is 36.6 Å². The Labute approximate surface area is 183 Å². The molecule has 10 heteroatoms. The molecule has 4 atom stereocenters. The molecular formula is C22H22F3NO5S. The molecule has 0 heterocycles. The summed E-state index contributed by atoms with van der Waals surface area (Å²) in [5.41, 5.74) is -1.54. The summed E-state index contributed by atoms with van der Waals surface area (Å²) in [6.07, 6.45) is 1.32. The van der Waals surface area contributed by atoms with E-state index < -0.39 is 67.4 Å². The van der Waals surface area contributed by atoms with E-state index in [1.807, 2.05) is 0 Å². The molecule has 3 N–H and O–H groups in total. The minimum atomic E-state index is -4.18. The second kappa shape index (κ2) is 8.17. The Morgan fingerprint density at radius 1 is 1.00 bits per heavy atom. The molecular weight excluding hydrogens is 447 g/mol. The molecule has 0 spiro atoms. The number of aliphatic hydroxyl groups excluding tert-OH is 1. The van der Waals surface area contributed by atoms with Gasteiger partial charge in [-0.1, -0.05) is 0 Å². The summed E-state index contributed by atoms with van der Waals surface area (Å²) in [5.74, 6) is -4.90. The summed E-state index contributed by atoms with van der Waals surface area (Å²) in [6, 6.07) is 5.63. The molecule has 0 radical (unpaired) electrons. The number of amides is 1. The first-order valence-corrected chi connectivity index (χ1v) is 11.7. The van der Waals surface area contributed by atoms with Gasteiger partial charge in [-0.15, -0.1) is 0 Å². The highest BCUT2D eigenvalue weighted by Gasteiger charge is 2.55. The van der Waals surface area contributed by atoms with Crippen molar-refractivity contribution < 1.29 is 36.6 Å². The summed E-state index contributed by atoms with van der Waals surface area (Å²) in [5, 5.41) is 21.6. The topological polar surface area (TPSA) is 104 Å². The van der Waals surface area contributed by atoms with Crippen molar-refractivity contribution in [3.8, 4) is 0 Å². The zero-order chi connectivity index (χ0) is 23.3. The lowest BCUT2D eigenvalue weighted by atomic mass is 9.75. The van der Waals surface area contributed by atoms with Crippen LogP contribution in [0.3, 0.4) is 0 Å². The summed E-state index contributed by atoms with van der Waals surface area (Å²) in [6.45, 7) is -0.455. The third-order valence-electron chi connectivity index (χ3n) is 6.74. The maximum absolute atomic E-state index is 14.5. The number of rotatable bonds is 5. The summed E-state index contributed by atoms with van der Waals surface area (Å²) in [7, 11) is -4.18. The number of hydrogen-bond acceptors (Lipinski definition) is 5. The minimum absolute atomic E-state index is 0.0465. The molecule has 4 rings (SSSR count). The SMILES string of the molecule is O=C(Nc1ccc(F)c(F)c1)c1ccc(F)c(S(=O)(=O)[C@@H]2C[C@H]3CC[C@@H](C2)[C@@]3(O)CO)c1. The first kappa shape index (κ1) is 22.8. The first-order chi connectivity index (χ1) is 15.1. The Hall–Kier alpha value is -2.43. The number of nitrogens with one attached hydrogen (secondary N) is 1. The van der Waals surface area contributed by atoms with Crippen LogP contribution in [0.5, 0.6) is 0 Å². The number of halogens is 3. The van der Waals surface area contributed by atoms with E-state index in [-0.39, 0.29) is 24.1 Å². The van der Waals surface area contributed by atoms with Gasteiger partial charge in [0, 0.05) is 17.3 Å². The van der Waals surface area contributed by atoms with Crippen LogP contribution in [-0.4, -0.2) is 42.0 Å². The van der Waals surface area contributed by atoms with Crippen molar-refractivity contribution in [2.45, 2.75) is 41.4 Å². The average Bonchev–Trinajstić information content (AvgIpc) is 2.92. The predicted molar refractivity (Wildman–Crippen MR) is 109 cm³/mol. The molecule has 2 fully saturated rings. The van der Waals surface area contributed by atoms with Crippen LogP contribution < -0.4 is 5.32 Å². The predicted octanol–water partition coefficient (Wildman–Crippen LogP) is 3.04. The van der Waals surface area contributed by atoms with Gasteiger partial charge in [0.2, 0.25) is 0 Å². The molecule has 2 aromatic rings. The molecule has 2 aliphatic carbocycles. The normalized spacial score (nSPS) is 27.3. The molecule has 1 amide bonds. The largest absolute Gasteiger partial charge is 0.393 e. The fourth-order valence-electron chi connectivity index (χ4n) is 4.94. The van der Waals surface area contributed by atoms with Crippen LogP contribution in [0.2, 0.25) is 0 Å². The Kier molecular flexibility index (Phi) is 5.81. The highest BCUT2D eigenvalue weighted by Crippen LogP contribution is 2.51. The smallest absolute Gasteiger partial charge is 0.255 e. The number of benzene rings is 2. The second-order valence-electron chi connectivity index (χ2n) is 8.49. The van der Waals surface area contributed by atoms with Crippen LogP contribution in [-0.2, 0) is 9.84 Å². The average molecular weight is 469 g/mol. The van der Waals surface area contributed by atoms with Gasteiger partial charge < -0.3 is 15.5 Å². The van der Waals surface area contributed by atoms with Gasteiger partial charge in [0.25, 0.3) is 5.91 Å². The molecule has 0 unspecified atom stereocenters. The van der Waals surface area contributed by atoms with Crippen LogP contribution in [0, 0.1) is 29.3 Å². The maximum atomic E-state index is 14.5. The van der Waals surface area contributed by atoms with Crippen LogP contribution >= 0.6 is 0 Å². The van der Waals surface area contributed by atoms with E-state index in [1.165, 1.54) is 0 Å². The number of carbonyl (C=O) groups is 1. The maximum Gasteiger partial charge on any atom is 0.255 e. The van der Waals surface area contributed by atoms with Crippen molar-refractivity contribution in [2.75, 3.05) is 11.9 Å². The summed E-state index contributed by atoms with van der Waals surface area (Å²) < 4.78 is 67.5. The van der Waals surface area contributed by atoms with Gasteiger partial charge in [0.05, 0.1) is 17.5 Å². The van der Waals surface area contributed by atoms with E-state index in [0.29, 0.717) is 12.8 Å². The Bertz CT molecular complexity index is 1160. The van der Waals surface area contributed by atoms with E-state index in [1.54, 1.807) is 0 Å². The highest BCUT2D eigenvalue weighted by molar-refractivity contribution is 7.92. The van der Waals surface area contributed by atoms with Gasteiger partial charge in [-0.25, -0.2) is 21.6 Å². The minimum Gasteiger partial charge on any atom is -0.393 e. The lowest BCUT2D eigenvalue weighted by Gasteiger charge is -2.41. The van der Waals surface area contributed by atoms with E-state index in [4.69, 9.17) is 0 Å². The lowest BCUT2D eigenvalue weighted by Crippen LogP contribution is -2.50. The molecule has 0 aromatic heterocycles. The van der Waals surface area contributed by atoms with Gasteiger partial charge in [-0.05, 0) is 67.9 Å². The number of hydrogen-bond donors (Lipinski definition) is 3. The van der Waals surface area contributed by atoms with Gasteiger partial charge in [-0.3, -0.25) is 4.79 Å². The van der Waals surface area contributed by atoms with Crippen LogP contribution in [0.25, 0.3) is 0 Å². The highest BCUT2D eigenvalue weighted by atomic mass is 32.2. The van der Waals surface area contributed by atoms with Crippen molar-refractivity contribution in [2.24, 2.45) is 11.8 Å². The lowest BCUT2D eigenvalue weighted by molar-refractivity contribution is -0.0944. The monoisotopic (exact) mass is 469 g/mol. The van der Waals surface area contributed by atoms with E-state index >= 15 is 0 Å². The molecule has 32 heavy (non-hydrogen) atoms. The first-order valence-electron chi connectivity index (χ1n) is 10.2. The number of sulfone groups is 1. The van der Waals surface area contributed by atoms with E-state index in [2.05, 4.69) is 5.32 Å². The van der Waals surface area contributed by atoms with Gasteiger partial charge in [0.15, 0.2) is 21.5 Å². The van der Waals surface area contributed by atoms with Crippen LogP contribution in [0.15, 0.2) is 41.3 Å². The van der Waals surface area contributed by atoms with Crippen molar-refractivity contribution in [1.82, 2.24) is 0 Å². The van der Waals surface area contributed by atoms with Crippen LogP contribution in [0.4, 0.5) is 18.9 Å². The fraction of sp³-hybridized carbons (Fsp3) is 0.409. The van der Waals surface area contributed by atoms with Crippen molar-refractivity contribution >= 4 is 21.4 Å². The van der Waals surface area contributed by atoms with Crippen LogP contribution in [0.1, 0.15) is 36.0 Å². The molecule has 2 aliphatic rings. The third kappa shape index (κ3) is 3.80. The van der Waals surface area contributed by atoms with E-state index in [0.717, 1.165) is 36.4 Å². The summed E-state index contributed by atoms with van der Waals surface area (Å²) in [4.78, 5) is 11.9.